The van der Waals surface area contributed by atoms with Crippen LogP contribution in [-0.2, 0) is 14.2 Å². The zero-order chi connectivity index (χ0) is 23.5. The van der Waals surface area contributed by atoms with E-state index < -0.39 is 0 Å². The van der Waals surface area contributed by atoms with Crippen molar-refractivity contribution in [1.29, 1.82) is 0 Å². The summed E-state index contributed by atoms with van der Waals surface area (Å²) >= 11 is 0. The van der Waals surface area contributed by atoms with Gasteiger partial charge in [-0.25, -0.2) is 9.97 Å². The molecule has 0 spiro atoms. The van der Waals surface area contributed by atoms with Crippen molar-refractivity contribution in [3.05, 3.63) is 48.3 Å². The number of ether oxygens (including phenoxy) is 5. The van der Waals surface area contributed by atoms with E-state index in [1.54, 1.807) is 21.3 Å². The van der Waals surface area contributed by atoms with E-state index in [0.29, 0.717) is 56.9 Å². The Morgan fingerprint density at radius 2 is 1.53 bits per heavy atom. The van der Waals surface area contributed by atoms with Crippen molar-refractivity contribution < 1.29 is 23.7 Å². The Hall–Kier alpha value is -3.09. The van der Waals surface area contributed by atoms with E-state index in [2.05, 4.69) is 20.8 Å². The molecule has 8 nitrogen and oxygen atoms in total. The zero-order valence-electron chi connectivity index (χ0n) is 19.7. The molecule has 9 heteroatoms. The molecule has 0 aliphatic carbocycles. The van der Waals surface area contributed by atoms with Crippen LogP contribution in [-0.4, -0.2) is 70.9 Å². The molecule has 3 aromatic rings. The van der Waals surface area contributed by atoms with E-state index in [9.17, 15) is 0 Å². The number of nitrogens with zero attached hydrogens (tertiary/aromatic N) is 3. The van der Waals surface area contributed by atoms with Crippen LogP contribution >= 0.6 is 12.4 Å². The van der Waals surface area contributed by atoms with Crippen molar-refractivity contribution >= 4 is 34.8 Å². The second kappa shape index (κ2) is 14.2. The molecule has 0 amide bonds. The number of halogens is 1. The fourth-order valence-electron chi connectivity index (χ4n) is 3.26. The maximum absolute atomic E-state index is 5.96. The third-order valence-corrected chi connectivity index (χ3v) is 4.87. The monoisotopic (exact) mass is 487 g/mol. The Kier molecular flexibility index (Phi) is 11.4. The predicted molar refractivity (Wildman–Crippen MR) is 135 cm³/mol. The second-order valence-corrected chi connectivity index (χ2v) is 7.03. The molecule has 1 heterocycles. The van der Waals surface area contributed by atoms with Gasteiger partial charge in [0.15, 0.2) is 11.5 Å². The summed E-state index contributed by atoms with van der Waals surface area (Å²) in [6.07, 6.45) is 7.16. The van der Waals surface area contributed by atoms with Crippen LogP contribution in [0.2, 0.25) is 0 Å². The molecular formula is C25H30ClN3O5. The molecular weight excluding hydrogens is 458 g/mol. The summed E-state index contributed by atoms with van der Waals surface area (Å²) in [6, 6.07) is 11.5. The molecule has 0 aliphatic rings. The molecule has 2 aromatic carbocycles. The lowest BCUT2D eigenvalue weighted by Gasteiger charge is -2.25. The van der Waals surface area contributed by atoms with Crippen LogP contribution in [0.4, 0.5) is 11.5 Å². The number of benzene rings is 2. The number of anilines is 2. The highest BCUT2D eigenvalue weighted by molar-refractivity contribution is 5.93. The maximum atomic E-state index is 5.96. The van der Waals surface area contributed by atoms with E-state index in [1.807, 2.05) is 36.4 Å². The van der Waals surface area contributed by atoms with Crippen LogP contribution in [0.5, 0.6) is 11.5 Å². The van der Waals surface area contributed by atoms with E-state index >= 15 is 0 Å². The van der Waals surface area contributed by atoms with Crippen molar-refractivity contribution in [2.45, 2.75) is 0 Å². The molecule has 0 fully saturated rings. The Bertz CT molecular complexity index is 1090. The lowest BCUT2D eigenvalue weighted by Crippen LogP contribution is -2.23. The summed E-state index contributed by atoms with van der Waals surface area (Å²) < 4.78 is 27.4. The standard InChI is InChI=1S/C25H29N3O5.ClH/c1-5-19-7-6-8-20(15-19)28(9-10-29-2)25-21-16-23(32-13-11-30-3)24(33-14-12-31-4)17-22(21)26-18-27-25;/h1,6-8,15-18H,9-14H2,2-4H3;1H. The number of rotatable bonds is 13. The van der Waals surface area contributed by atoms with Gasteiger partial charge in [-0.05, 0) is 24.3 Å². The van der Waals surface area contributed by atoms with E-state index in [4.69, 9.17) is 30.1 Å². The number of hydrogen-bond donors (Lipinski definition) is 0. The van der Waals surface area contributed by atoms with Crippen LogP contribution in [0.1, 0.15) is 5.56 Å². The summed E-state index contributed by atoms with van der Waals surface area (Å²) in [4.78, 5) is 11.1. The van der Waals surface area contributed by atoms with Gasteiger partial charge in [-0.1, -0.05) is 12.0 Å². The van der Waals surface area contributed by atoms with Gasteiger partial charge in [0.1, 0.15) is 25.4 Å². The normalized spacial score (nSPS) is 10.4. The first kappa shape index (κ1) is 27.2. The molecule has 0 saturated carbocycles. The maximum Gasteiger partial charge on any atom is 0.163 e. The van der Waals surface area contributed by atoms with Crippen LogP contribution in [0.15, 0.2) is 42.7 Å². The number of terminal acetylenes is 1. The molecule has 34 heavy (non-hydrogen) atoms. The van der Waals surface area contributed by atoms with Crippen LogP contribution in [0, 0.1) is 12.3 Å². The molecule has 182 valence electrons. The van der Waals surface area contributed by atoms with Gasteiger partial charge >= 0.3 is 0 Å². The quantitative estimate of drug-likeness (QED) is 0.266. The lowest BCUT2D eigenvalue weighted by molar-refractivity contribution is 0.132. The van der Waals surface area contributed by atoms with Gasteiger partial charge in [0.25, 0.3) is 0 Å². The van der Waals surface area contributed by atoms with Gasteiger partial charge in [0, 0.05) is 50.6 Å². The lowest BCUT2D eigenvalue weighted by atomic mass is 10.1. The summed E-state index contributed by atoms with van der Waals surface area (Å²) in [5.74, 6) is 4.56. The van der Waals surface area contributed by atoms with Gasteiger partial charge in [-0.3, -0.25) is 0 Å². The first-order valence-electron chi connectivity index (χ1n) is 10.6. The Morgan fingerprint density at radius 1 is 0.853 bits per heavy atom. The number of fused-ring (bicyclic) bond motifs is 1. The smallest absolute Gasteiger partial charge is 0.163 e. The molecule has 0 radical (unpaired) electrons. The summed E-state index contributed by atoms with van der Waals surface area (Å²) in [6.45, 7) is 2.75. The van der Waals surface area contributed by atoms with Crippen LogP contribution in [0.25, 0.3) is 10.9 Å². The van der Waals surface area contributed by atoms with E-state index in [1.165, 1.54) is 6.33 Å². The van der Waals surface area contributed by atoms with Crippen LogP contribution in [0.3, 0.4) is 0 Å². The molecule has 0 bridgehead atoms. The third kappa shape index (κ3) is 6.95. The van der Waals surface area contributed by atoms with Crippen molar-refractivity contribution in [2.75, 3.05) is 65.8 Å². The molecule has 1 aromatic heterocycles. The highest BCUT2D eigenvalue weighted by atomic mass is 35.5. The molecule has 0 N–H and O–H groups in total. The highest BCUT2D eigenvalue weighted by Gasteiger charge is 2.18. The highest BCUT2D eigenvalue weighted by Crippen LogP contribution is 2.37. The predicted octanol–water partition coefficient (Wildman–Crippen LogP) is 3.87. The van der Waals surface area contributed by atoms with Crippen molar-refractivity contribution in [1.82, 2.24) is 9.97 Å². The number of hydrogen-bond acceptors (Lipinski definition) is 8. The van der Waals surface area contributed by atoms with E-state index in [-0.39, 0.29) is 12.4 Å². The Morgan fingerprint density at radius 3 is 2.18 bits per heavy atom. The first-order chi connectivity index (χ1) is 16.2. The minimum Gasteiger partial charge on any atom is -0.487 e. The largest absolute Gasteiger partial charge is 0.487 e. The van der Waals surface area contributed by atoms with Crippen molar-refractivity contribution in [3.63, 3.8) is 0 Å². The van der Waals surface area contributed by atoms with Gasteiger partial charge < -0.3 is 28.6 Å². The van der Waals surface area contributed by atoms with Gasteiger partial charge in [-0.2, -0.15) is 0 Å². The van der Waals surface area contributed by atoms with Crippen molar-refractivity contribution in [3.8, 4) is 23.8 Å². The third-order valence-electron chi connectivity index (χ3n) is 4.87. The fraction of sp³-hybridized carbons (Fsp3) is 0.360. The topological polar surface area (TPSA) is 75.2 Å². The molecule has 0 unspecified atom stereocenters. The van der Waals surface area contributed by atoms with Crippen molar-refractivity contribution in [2.24, 2.45) is 0 Å². The van der Waals surface area contributed by atoms with Crippen LogP contribution < -0.4 is 14.4 Å². The zero-order valence-corrected chi connectivity index (χ0v) is 20.5. The molecule has 3 rings (SSSR count). The summed E-state index contributed by atoms with van der Waals surface area (Å²) in [5, 5.41) is 0.811. The molecule has 0 atom stereocenters. The van der Waals surface area contributed by atoms with Gasteiger partial charge in [-0.15, -0.1) is 18.8 Å². The Balaban J connectivity index is 0.00000408. The average Bonchev–Trinajstić information content (AvgIpc) is 2.85. The molecule has 0 aliphatic heterocycles. The number of methoxy groups -OCH3 is 3. The van der Waals surface area contributed by atoms with Gasteiger partial charge in [0.05, 0.1) is 25.3 Å². The first-order valence-corrected chi connectivity index (χ1v) is 10.6. The molecule has 0 saturated heterocycles. The minimum atomic E-state index is 0. The SMILES string of the molecule is C#Cc1cccc(N(CCOC)c2ncnc3cc(OCCOC)c(OCCOC)cc23)c1.Cl. The average molecular weight is 488 g/mol. The van der Waals surface area contributed by atoms with Gasteiger partial charge in [0.2, 0.25) is 0 Å². The Labute approximate surface area is 206 Å². The minimum absolute atomic E-state index is 0. The summed E-state index contributed by atoms with van der Waals surface area (Å²) in [7, 11) is 4.92. The fourth-order valence-corrected chi connectivity index (χ4v) is 3.26. The summed E-state index contributed by atoms with van der Waals surface area (Å²) in [5.41, 5.74) is 2.41. The number of aromatic nitrogens is 2. The van der Waals surface area contributed by atoms with E-state index in [0.717, 1.165) is 22.2 Å². The second-order valence-electron chi connectivity index (χ2n) is 7.03.